The lowest BCUT2D eigenvalue weighted by atomic mass is 10.2. The third-order valence-electron chi connectivity index (χ3n) is 1.95. The van der Waals surface area contributed by atoms with E-state index in [-0.39, 0.29) is 5.56 Å². The number of benzene rings is 1. The van der Waals surface area contributed by atoms with Gasteiger partial charge in [-0.05, 0) is 5.56 Å². The largest absolute Gasteiger partial charge is 0.364 e. The molecule has 2 rings (SSSR count). The van der Waals surface area contributed by atoms with Crippen LogP contribution in [0.4, 0.5) is 5.13 Å². The van der Waals surface area contributed by atoms with Gasteiger partial charge in [-0.25, -0.2) is 0 Å². The molecule has 0 amide bonds. The highest BCUT2D eigenvalue weighted by Crippen LogP contribution is 2.25. The molecule has 1 heterocycles. The summed E-state index contributed by atoms with van der Waals surface area (Å²) < 4.78 is 0. The average molecular weight is 218 g/mol. The van der Waals surface area contributed by atoms with E-state index in [2.05, 4.69) is 10.3 Å². The maximum Gasteiger partial charge on any atom is 0.273 e. The van der Waals surface area contributed by atoms with Crippen LogP contribution in [0.1, 0.15) is 0 Å². The molecule has 1 N–H and O–H groups in total. The fraction of sp³-hybridized carbons (Fsp3) is 0.0909. The van der Waals surface area contributed by atoms with Crippen LogP contribution in [-0.4, -0.2) is 12.0 Å². The molecule has 1 aromatic carbocycles. The second-order valence-electron chi connectivity index (χ2n) is 2.98. The SMILES string of the molecule is CNc1nc(=O)cc(-c2ccccc2)s1. The second-order valence-corrected chi connectivity index (χ2v) is 4.01. The molecule has 15 heavy (non-hydrogen) atoms. The van der Waals surface area contributed by atoms with E-state index in [1.165, 1.54) is 11.3 Å². The highest BCUT2D eigenvalue weighted by molar-refractivity contribution is 7.18. The normalized spacial score (nSPS) is 9.93. The van der Waals surface area contributed by atoms with Crippen molar-refractivity contribution in [1.29, 1.82) is 0 Å². The Morgan fingerprint density at radius 2 is 2.00 bits per heavy atom. The summed E-state index contributed by atoms with van der Waals surface area (Å²) in [7, 11) is 1.76. The van der Waals surface area contributed by atoms with E-state index in [0.29, 0.717) is 5.13 Å². The highest BCUT2D eigenvalue weighted by Gasteiger charge is 2.02. The Bertz CT molecular complexity index is 507. The number of hydrogen-bond donors (Lipinski definition) is 1. The Morgan fingerprint density at radius 1 is 1.27 bits per heavy atom. The van der Waals surface area contributed by atoms with Gasteiger partial charge in [0.05, 0.1) is 0 Å². The monoisotopic (exact) mass is 218 g/mol. The first-order valence-corrected chi connectivity index (χ1v) is 5.36. The fourth-order valence-electron chi connectivity index (χ4n) is 1.25. The standard InChI is InChI=1S/C11H10N2OS/c1-12-11-13-10(14)7-9(15-11)8-5-3-2-4-6-8/h2-7H,1H3,(H,12,13,14). The smallest absolute Gasteiger partial charge is 0.273 e. The lowest BCUT2D eigenvalue weighted by Gasteiger charge is -2.01. The molecule has 0 aliphatic heterocycles. The van der Waals surface area contributed by atoms with Crippen molar-refractivity contribution >= 4 is 16.5 Å². The summed E-state index contributed by atoms with van der Waals surface area (Å²) in [6.45, 7) is 0. The summed E-state index contributed by atoms with van der Waals surface area (Å²) in [4.78, 5) is 16.1. The predicted molar refractivity (Wildman–Crippen MR) is 63.4 cm³/mol. The number of nitrogens with zero attached hydrogens (tertiary/aromatic N) is 1. The quantitative estimate of drug-likeness (QED) is 0.840. The van der Waals surface area contributed by atoms with Gasteiger partial charge in [0.2, 0.25) is 0 Å². The van der Waals surface area contributed by atoms with Gasteiger partial charge in [-0.1, -0.05) is 41.7 Å². The minimum Gasteiger partial charge on any atom is -0.364 e. The van der Waals surface area contributed by atoms with Gasteiger partial charge in [0.25, 0.3) is 5.56 Å². The zero-order valence-corrected chi connectivity index (χ0v) is 9.04. The first-order chi connectivity index (χ1) is 7.29. The summed E-state index contributed by atoms with van der Waals surface area (Å²) in [5.41, 5.74) is 0.829. The zero-order chi connectivity index (χ0) is 10.7. The number of rotatable bonds is 2. The van der Waals surface area contributed by atoms with E-state index in [1.807, 2.05) is 30.3 Å². The van der Waals surface area contributed by atoms with Gasteiger partial charge in [-0.2, -0.15) is 4.98 Å². The van der Waals surface area contributed by atoms with Crippen LogP contribution in [0.5, 0.6) is 0 Å². The number of anilines is 1. The third kappa shape index (κ3) is 2.22. The summed E-state index contributed by atoms with van der Waals surface area (Å²) in [6.07, 6.45) is 0. The Labute approximate surface area is 91.4 Å². The van der Waals surface area contributed by atoms with E-state index in [1.54, 1.807) is 13.1 Å². The molecule has 0 saturated heterocycles. The van der Waals surface area contributed by atoms with Crippen LogP contribution in [0.15, 0.2) is 41.2 Å². The first kappa shape index (κ1) is 9.86. The maximum atomic E-state index is 11.3. The minimum absolute atomic E-state index is 0.211. The van der Waals surface area contributed by atoms with Crippen molar-refractivity contribution in [2.24, 2.45) is 0 Å². The summed E-state index contributed by atoms with van der Waals surface area (Å²) in [5, 5.41) is 3.53. The average Bonchev–Trinajstić information content (AvgIpc) is 2.29. The maximum absolute atomic E-state index is 11.3. The van der Waals surface area contributed by atoms with Crippen molar-refractivity contribution in [2.45, 2.75) is 0 Å². The molecule has 3 nitrogen and oxygen atoms in total. The molecular weight excluding hydrogens is 208 g/mol. The van der Waals surface area contributed by atoms with Crippen molar-refractivity contribution in [3.63, 3.8) is 0 Å². The highest BCUT2D eigenvalue weighted by atomic mass is 32.1. The molecule has 76 valence electrons. The molecular formula is C11H10N2OS. The van der Waals surface area contributed by atoms with Crippen LogP contribution in [0.2, 0.25) is 0 Å². The lowest BCUT2D eigenvalue weighted by molar-refractivity contribution is 1.26. The summed E-state index contributed by atoms with van der Waals surface area (Å²) >= 11 is 1.47. The van der Waals surface area contributed by atoms with Gasteiger partial charge in [0.15, 0.2) is 5.13 Å². The Morgan fingerprint density at radius 3 is 2.67 bits per heavy atom. The van der Waals surface area contributed by atoms with Gasteiger partial charge in [-0.15, -0.1) is 0 Å². The minimum atomic E-state index is -0.211. The number of aromatic nitrogens is 1. The molecule has 0 radical (unpaired) electrons. The van der Waals surface area contributed by atoms with E-state index < -0.39 is 0 Å². The molecule has 0 atom stereocenters. The molecule has 0 spiro atoms. The predicted octanol–water partition coefficient (Wildman–Crippen LogP) is 2.21. The molecule has 0 fully saturated rings. The molecule has 0 bridgehead atoms. The van der Waals surface area contributed by atoms with Crippen molar-refractivity contribution < 1.29 is 0 Å². The molecule has 0 aliphatic carbocycles. The van der Waals surface area contributed by atoms with Gasteiger partial charge < -0.3 is 5.32 Å². The third-order valence-corrected chi connectivity index (χ3v) is 3.01. The van der Waals surface area contributed by atoms with Crippen LogP contribution < -0.4 is 10.9 Å². The van der Waals surface area contributed by atoms with E-state index in [0.717, 1.165) is 10.4 Å². The molecule has 1 aromatic heterocycles. The van der Waals surface area contributed by atoms with Gasteiger partial charge in [0.1, 0.15) is 0 Å². The lowest BCUT2D eigenvalue weighted by Crippen LogP contribution is -2.05. The van der Waals surface area contributed by atoms with Crippen molar-refractivity contribution in [1.82, 2.24) is 4.98 Å². The van der Waals surface area contributed by atoms with Crippen molar-refractivity contribution in [3.8, 4) is 10.4 Å². The van der Waals surface area contributed by atoms with E-state index in [4.69, 9.17) is 0 Å². The second kappa shape index (κ2) is 4.23. The van der Waals surface area contributed by atoms with Gasteiger partial charge in [-0.3, -0.25) is 4.79 Å². The van der Waals surface area contributed by atoms with Crippen LogP contribution in [0.3, 0.4) is 0 Å². The van der Waals surface area contributed by atoms with Gasteiger partial charge >= 0.3 is 0 Å². The molecule has 4 heteroatoms. The number of nitrogens with one attached hydrogen (secondary N) is 1. The Balaban J connectivity index is 2.54. The van der Waals surface area contributed by atoms with E-state index in [9.17, 15) is 4.79 Å². The van der Waals surface area contributed by atoms with Crippen LogP contribution >= 0.6 is 11.3 Å². The number of hydrogen-bond acceptors (Lipinski definition) is 4. The molecule has 2 aromatic rings. The molecule has 0 unspecified atom stereocenters. The fourth-order valence-corrected chi connectivity index (χ4v) is 2.11. The Hall–Kier alpha value is -1.68. The van der Waals surface area contributed by atoms with Crippen LogP contribution in [0.25, 0.3) is 10.4 Å². The van der Waals surface area contributed by atoms with E-state index >= 15 is 0 Å². The van der Waals surface area contributed by atoms with Crippen molar-refractivity contribution in [2.75, 3.05) is 12.4 Å². The zero-order valence-electron chi connectivity index (χ0n) is 8.23. The van der Waals surface area contributed by atoms with Crippen LogP contribution in [0, 0.1) is 0 Å². The van der Waals surface area contributed by atoms with Crippen molar-refractivity contribution in [3.05, 3.63) is 46.8 Å². The summed E-state index contributed by atoms with van der Waals surface area (Å²) in [5.74, 6) is 0. The molecule has 0 aliphatic rings. The molecule has 0 saturated carbocycles. The topological polar surface area (TPSA) is 42.0 Å². The first-order valence-electron chi connectivity index (χ1n) is 4.55. The summed E-state index contributed by atoms with van der Waals surface area (Å²) in [6, 6.07) is 11.4. The van der Waals surface area contributed by atoms with Gasteiger partial charge in [0, 0.05) is 18.0 Å². The Kier molecular flexibility index (Phi) is 2.78. The van der Waals surface area contributed by atoms with Crippen LogP contribution in [-0.2, 0) is 0 Å².